The number of hydrogen-bond donors (Lipinski definition) is 2. The van der Waals surface area contributed by atoms with Crippen LogP contribution in [0, 0.1) is 0 Å². The fourth-order valence-electron chi connectivity index (χ4n) is 3.18. The van der Waals surface area contributed by atoms with Crippen molar-refractivity contribution < 1.29 is 14.6 Å². The summed E-state index contributed by atoms with van der Waals surface area (Å²) in [6.07, 6.45) is 6.40. The average Bonchev–Trinajstić information content (AvgIpc) is 3.46. The van der Waals surface area contributed by atoms with Crippen molar-refractivity contribution in [2.75, 3.05) is 6.61 Å². The molecule has 0 radical (unpaired) electrons. The number of carbonyl (C=O) groups is 1. The number of fused-ring (bicyclic) bond motifs is 1. The molecule has 2 aromatic heterocycles. The second-order valence-corrected chi connectivity index (χ2v) is 15.6. The third-order valence-corrected chi connectivity index (χ3v) is 7.75. The molecule has 1 fully saturated rings. The molecule has 2 atom stereocenters. The number of nitrogens with one attached hydrogen (secondary N) is 1. The number of aliphatic hydroxyl groups is 1. The third kappa shape index (κ3) is 5.47. The summed E-state index contributed by atoms with van der Waals surface area (Å²) in [5.41, 5.74) is 1.72. The standard InChI is InChI=1S/C22H36N4O3Si/c1-7-22(3,28)15(2)24-21(27)17-13-26(14-29-10-11-30(4,5)6)20-19(17)25-18(12-23-20)16-8-9-16/h12-13,15-16,28H,7-11,14H2,1-6H3,(H,24,27)/t15-,22+/m0/s1. The van der Waals surface area contributed by atoms with Crippen molar-refractivity contribution in [2.24, 2.45) is 0 Å². The largest absolute Gasteiger partial charge is 0.388 e. The molecule has 0 spiro atoms. The Balaban J connectivity index is 1.84. The van der Waals surface area contributed by atoms with Crippen LogP contribution in [0.15, 0.2) is 12.4 Å². The number of nitrogens with zero attached hydrogens (tertiary/aromatic N) is 3. The Morgan fingerprint density at radius 1 is 1.43 bits per heavy atom. The number of ether oxygens (including phenoxy) is 1. The van der Waals surface area contributed by atoms with Crippen molar-refractivity contribution >= 4 is 25.1 Å². The molecule has 0 saturated heterocycles. The molecule has 7 nitrogen and oxygen atoms in total. The normalized spacial score (nSPS) is 17.7. The predicted octanol–water partition coefficient (Wildman–Crippen LogP) is 3.90. The van der Waals surface area contributed by atoms with Crippen LogP contribution in [0.1, 0.15) is 62.0 Å². The number of carbonyl (C=O) groups excluding carboxylic acids is 1. The van der Waals surface area contributed by atoms with Gasteiger partial charge < -0.3 is 19.7 Å². The first-order valence-electron chi connectivity index (χ1n) is 11.0. The quantitative estimate of drug-likeness (QED) is 0.439. The highest BCUT2D eigenvalue weighted by Crippen LogP contribution is 2.39. The van der Waals surface area contributed by atoms with Crippen LogP contribution in [-0.4, -0.2) is 51.9 Å². The van der Waals surface area contributed by atoms with Crippen molar-refractivity contribution in [3.05, 3.63) is 23.7 Å². The Hall–Kier alpha value is -1.77. The zero-order valence-electron chi connectivity index (χ0n) is 19.2. The molecule has 1 amide bonds. The lowest BCUT2D eigenvalue weighted by molar-refractivity contribution is 0.0211. The Kier molecular flexibility index (Phi) is 6.69. The molecular weight excluding hydrogens is 396 g/mol. The van der Waals surface area contributed by atoms with Crippen LogP contribution < -0.4 is 5.32 Å². The van der Waals surface area contributed by atoms with E-state index in [2.05, 4.69) is 29.9 Å². The van der Waals surface area contributed by atoms with Gasteiger partial charge in [0.1, 0.15) is 12.2 Å². The Morgan fingerprint density at radius 3 is 2.73 bits per heavy atom. The molecule has 2 N–H and O–H groups in total. The molecule has 0 aromatic carbocycles. The van der Waals surface area contributed by atoms with Crippen LogP contribution in [0.25, 0.3) is 11.2 Å². The molecule has 1 aliphatic carbocycles. The summed E-state index contributed by atoms with van der Waals surface area (Å²) in [7, 11) is -1.16. The van der Waals surface area contributed by atoms with Gasteiger partial charge in [-0.05, 0) is 39.2 Å². The van der Waals surface area contributed by atoms with Crippen LogP contribution in [0.5, 0.6) is 0 Å². The van der Waals surface area contributed by atoms with E-state index < -0.39 is 13.7 Å². The molecule has 0 bridgehead atoms. The summed E-state index contributed by atoms with van der Waals surface area (Å²) in [6.45, 7) is 13.5. The van der Waals surface area contributed by atoms with Gasteiger partial charge in [-0.25, -0.2) is 9.97 Å². The van der Waals surface area contributed by atoms with Gasteiger partial charge in [-0.3, -0.25) is 4.79 Å². The number of hydrogen-bond acceptors (Lipinski definition) is 5. The van der Waals surface area contributed by atoms with Gasteiger partial charge in [0.05, 0.1) is 29.1 Å². The van der Waals surface area contributed by atoms with E-state index in [1.54, 1.807) is 13.1 Å². The van der Waals surface area contributed by atoms with Gasteiger partial charge in [-0.2, -0.15) is 0 Å². The van der Waals surface area contributed by atoms with E-state index in [0.29, 0.717) is 42.4 Å². The summed E-state index contributed by atoms with van der Waals surface area (Å²) in [4.78, 5) is 22.5. The minimum atomic E-state index is -1.16. The zero-order valence-corrected chi connectivity index (χ0v) is 20.2. The van der Waals surface area contributed by atoms with E-state index in [1.165, 1.54) is 0 Å². The maximum absolute atomic E-state index is 13.1. The molecule has 0 aliphatic heterocycles. The van der Waals surface area contributed by atoms with Crippen molar-refractivity contribution in [1.82, 2.24) is 19.9 Å². The zero-order chi connectivity index (χ0) is 22.1. The van der Waals surface area contributed by atoms with E-state index in [1.807, 2.05) is 24.6 Å². The van der Waals surface area contributed by atoms with Gasteiger partial charge in [0.15, 0.2) is 5.65 Å². The number of amides is 1. The van der Waals surface area contributed by atoms with E-state index in [0.717, 1.165) is 24.6 Å². The SMILES string of the molecule is CC[C@@](C)(O)[C@H](C)NC(=O)c1cn(COCC[Si](C)(C)C)c2ncc(C3CC3)nc12. The summed E-state index contributed by atoms with van der Waals surface area (Å²) in [6, 6.07) is 0.696. The van der Waals surface area contributed by atoms with E-state index in [4.69, 9.17) is 9.72 Å². The average molecular weight is 433 g/mol. The second-order valence-electron chi connectivity index (χ2n) is 10.0. The Labute approximate surface area is 180 Å². The molecule has 1 saturated carbocycles. The number of aromatic nitrogens is 3. The fourth-order valence-corrected chi connectivity index (χ4v) is 3.94. The van der Waals surface area contributed by atoms with E-state index in [9.17, 15) is 9.90 Å². The molecular formula is C22H36N4O3Si. The maximum Gasteiger partial charge on any atom is 0.255 e. The molecule has 3 rings (SSSR count). The first kappa shape index (κ1) is 22.9. The molecule has 0 unspecified atom stereocenters. The molecule has 8 heteroatoms. The molecule has 166 valence electrons. The van der Waals surface area contributed by atoms with Crippen LogP contribution in [0.3, 0.4) is 0 Å². The molecule has 30 heavy (non-hydrogen) atoms. The summed E-state index contributed by atoms with van der Waals surface area (Å²) < 4.78 is 7.76. The smallest absolute Gasteiger partial charge is 0.255 e. The maximum atomic E-state index is 13.1. The van der Waals surface area contributed by atoms with Crippen LogP contribution in [-0.2, 0) is 11.5 Å². The Bertz CT molecular complexity index is 900. The monoisotopic (exact) mass is 432 g/mol. The van der Waals surface area contributed by atoms with Gasteiger partial charge in [0.2, 0.25) is 0 Å². The van der Waals surface area contributed by atoms with Gasteiger partial charge >= 0.3 is 0 Å². The highest BCUT2D eigenvalue weighted by molar-refractivity contribution is 6.76. The third-order valence-electron chi connectivity index (χ3n) is 6.05. The molecule has 2 heterocycles. The first-order valence-corrected chi connectivity index (χ1v) is 14.7. The predicted molar refractivity (Wildman–Crippen MR) is 121 cm³/mol. The van der Waals surface area contributed by atoms with E-state index >= 15 is 0 Å². The summed E-state index contributed by atoms with van der Waals surface area (Å²) >= 11 is 0. The summed E-state index contributed by atoms with van der Waals surface area (Å²) in [5, 5.41) is 13.4. The van der Waals surface area contributed by atoms with Crippen molar-refractivity contribution in [3.8, 4) is 0 Å². The van der Waals surface area contributed by atoms with E-state index in [-0.39, 0.29) is 11.9 Å². The fraction of sp³-hybridized carbons (Fsp3) is 0.682. The summed E-state index contributed by atoms with van der Waals surface area (Å²) in [5.74, 6) is 0.207. The first-order chi connectivity index (χ1) is 14.0. The lowest BCUT2D eigenvalue weighted by Crippen LogP contribution is -2.48. The minimum Gasteiger partial charge on any atom is -0.388 e. The molecule has 1 aliphatic rings. The van der Waals surface area contributed by atoms with Crippen LogP contribution in [0.2, 0.25) is 25.7 Å². The lowest BCUT2D eigenvalue weighted by Gasteiger charge is -2.29. The number of rotatable bonds is 10. The van der Waals surface area contributed by atoms with Crippen LogP contribution in [0.4, 0.5) is 0 Å². The lowest BCUT2D eigenvalue weighted by atomic mass is 9.95. The minimum absolute atomic E-state index is 0.246. The van der Waals surface area contributed by atoms with Gasteiger partial charge in [-0.15, -0.1) is 0 Å². The topological polar surface area (TPSA) is 89.3 Å². The Morgan fingerprint density at radius 2 is 2.13 bits per heavy atom. The highest BCUT2D eigenvalue weighted by Gasteiger charge is 2.30. The van der Waals surface area contributed by atoms with Gasteiger partial charge in [0.25, 0.3) is 5.91 Å². The van der Waals surface area contributed by atoms with Crippen molar-refractivity contribution in [3.63, 3.8) is 0 Å². The molecule has 2 aromatic rings. The van der Waals surface area contributed by atoms with Crippen molar-refractivity contribution in [2.45, 2.75) is 90.0 Å². The second kappa shape index (κ2) is 8.76. The highest BCUT2D eigenvalue weighted by atomic mass is 28.3. The van der Waals surface area contributed by atoms with Gasteiger partial charge in [0, 0.05) is 26.8 Å². The van der Waals surface area contributed by atoms with Crippen molar-refractivity contribution in [1.29, 1.82) is 0 Å². The van der Waals surface area contributed by atoms with Gasteiger partial charge in [-0.1, -0.05) is 26.6 Å². The van der Waals surface area contributed by atoms with Crippen LogP contribution >= 0.6 is 0 Å².